The van der Waals surface area contributed by atoms with E-state index in [1.165, 1.54) is 0 Å². The Hall–Kier alpha value is -0.120. The molecule has 3 nitrogen and oxygen atoms in total. The molecule has 0 amide bonds. The molecular weight excluding hydrogens is 178 g/mol. The average molecular weight is 201 g/mol. The molecule has 84 valence electrons. The smallest absolute Gasteiger partial charge is 0.0619 e. The summed E-state index contributed by atoms with van der Waals surface area (Å²) < 4.78 is 10.8. The van der Waals surface area contributed by atoms with E-state index in [4.69, 9.17) is 9.47 Å². The lowest BCUT2D eigenvalue weighted by atomic mass is 10.2. The van der Waals surface area contributed by atoms with Gasteiger partial charge in [0, 0.05) is 32.3 Å². The zero-order valence-corrected chi connectivity index (χ0v) is 9.50. The van der Waals surface area contributed by atoms with Crippen LogP contribution in [0.25, 0.3) is 0 Å². The molecule has 0 saturated carbocycles. The molecule has 0 N–H and O–H groups in total. The number of hydrogen-bond acceptors (Lipinski definition) is 3. The van der Waals surface area contributed by atoms with Gasteiger partial charge in [0.25, 0.3) is 0 Å². The van der Waals surface area contributed by atoms with Crippen LogP contribution in [-0.4, -0.2) is 50.5 Å². The lowest BCUT2D eigenvalue weighted by Gasteiger charge is -2.33. The fourth-order valence-electron chi connectivity index (χ4n) is 1.71. The first kappa shape index (κ1) is 12.0. The van der Waals surface area contributed by atoms with Gasteiger partial charge in [-0.25, -0.2) is 0 Å². The minimum Gasteiger partial charge on any atom is -0.381 e. The zero-order valence-electron chi connectivity index (χ0n) is 9.50. The third kappa shape index (κ3) is 4.40. The van der Waals surface area contributed by atoms with E-state index in [1.807, 2.05) is 0 Å². The van der Waals surface area contributed by atoms with E-state index < -0.39 is 0 Å². The van der Waals surface area contributed by atoms with Gasteiger partial charge in [-0.1, -0.05) is 6.92 Å². The summed E-state index contributed by atoms with van der Waals surface area (Å²) in [6, 6.07) is 0.579. The van der Waals surface area contributed by atoms with Crippen molar-refractivity contribution in [2.45, 2.75) is 32.7 Å². The summed E-state index contributed by atoms with van der Waals surface area (Å²) in [6.07, 6.45) is 2.26. The standard InChI is InChI=1S/C11H23NO2/c1-3-7-13-8-4-5-12-6-9-14-10-11(12)2/h11H,3-10H2,1-2H3/t11-/m1/s1. The van der Waals surface area contributed by atoms with Gasteiger partial charge in [0.1, 0.15) is 0 Å². The van der Waals surface area contributed by atoms with Crippen molar-refractivity contribution in [2.75, 3.05) is 39.5 Å². The van der Waals surface area contributed by atoms with E-state index in [0.29, 0.717) is 6.04 Å². The predicted molar refractivity (Wildman–Crippen MR) is 57.6 cm³/mol. The molecule has 0 aromatic rings. The van der Waals surface area contributed by atoms with E-state index in [1.54, 1.807) is 0 Å². The first-order valence-electron chi connectivity index (χ1n) is 5.74. The molecule has 3 heteroatoms. The highest BCUT2D eigenvalue weighted by Gasteiger charge is 2.17. The van der Waals surface area contributed by atoms with Gasteiger partial charge in [0.15, 0.2) is 0 Å². The van der Waals surface area contributed by atoms with Crippen LogP contribution < -0.4 is 0 Å². The molecule has 0 aromatic heterocycles. The van der Waals surface area contributed by atoms with Crippen LogP contribution in [-0.2, 0) is 9.47 Å². The lowest BCUT2D eigenvalue weighted by Crippen LogP contribution is -2.44. The normalized spacial score (nSPS) is 24.0. The van der Waals surface area contributed by atoms with Crippen LogP contribution in [0.4, 0.5) is 0 Å². The van der Waals surface area contributed by atoms with Crippen LogP contribution in [0.5, 0.6) is 0 Å². The van der Waals surface area contributed by atoms with Crippen LogP contribution >= 0.6 is 0 Å². The van der Waals surface area contributed by atoms with Crippen molar-refractivity contribution in [1.82, 2.24) is 4.90 Å². The van der Waals surface area contributed by atoms with Crippen molar-refractivity contribution in [3.8, 4) is 0 Å². The van der Waals surface area contributed by atoms with E-state index in [0.717, 1.165) is 52.4 Å². The second kappa shape index (κ2) is 7.21. The highest BCUT2D eigenvalue weighted by Crippen LogP contribution is 2.06. The molecular formula is C11H23NO2. The van der Waals surface area contributed by atoms with Crippen LogP contribution in [0.1, 0.15) is 26.7 Å². The third-order valence-electron chi connectivity index (χ3n) is 2.59. The molecule has 0 unspecified atom stereocenters. The minimum atomic E-state index is 0.579. The summed E-state index contributed by atoms with van der Waals surface area (Å²) in [6.45, 7) is 10.2. The molecule has 0 aliphatic carbocycles. The van der Waals surface area contributed by atoms with Crippen molar-refractivity contribution in [3.05, 3.63) is 0 Å². The van der Waals surface area contributed by atoms with Crippen molar-refractivity contribution in [3.63, 3.8) is 0 Å². The van der Waals surface area contributed by atoms with E-state index in [2.05, 4.69) is 18.7 Å². The Morgan fingerprint density at radius 3 is 3.00 bits per heavy atom. The molecule has 0 aromatic carbocycles. The monoisotopic (exact) mass is 201 g/mol. The molecule has 1 heterocycles. The summed E-state index contributed by atoms with van der Waals surface area (Å²) in [7, 11) is 0. The first-order chi connectivity index (χ1) is 6.84. The highest BCUT2D eigenvalue weighted by atomic mass is 16.5. The molecule has 1 aliphatic rings. The Bertz CT molecular complexity index is 141. The first-order valence-corrected chi connectivity index (χ1v) is 5.74. The second-order valence-corrected chi connectivity index (χ2v) is 3.93. The number of nitrogens with zero attached hydrogens (tertiary/aromatic N) is 1. The van der Waals surface area contributed by atoms with Crippen LogP contribution in [0.15, 0.2) is 0 Å². The molecule has 1 atom stereocenters. The van der Waals surface area contributed by atoms with Gasteiger partial charge < -0.3 is 9.47 Å². The fraction of sp³-hybridized carbons (Fsp3) is 1.00. The summed E-state index contributed by atoms with van der Waals surface area (Å²) in [4.78, 5) is 2.48. The van der Waals surface area contributed by atoms with E-state index in [9.17, 15) is 0 Å². The molecule has 1 fully saturated rings. The quantitative estimate of drug-likeness (QED) is 0.608. The lowest BCUT2D eigenvalue weighted by molar-refractivity contribution is -0.00445. The maximum absolute atomic E-state index is 5.45. The van der Waals surface area contributed by atoms with E-state index >= 15 is 0 Å². The molecule has 0 spiro atoms. The maximum Gasteiger partial charge on any atom is 0.0619 e. The van der Waals surface area contributed by atoms with Gasteiger partial charge in [-0.2, -0.15) is 0 Å². The molecule has 1 aliphatic heterocycles. The van der Waals surface area contributed by atoms with Crippen molar-refractivity contribution < 1.29 is 9.47 Å². The van der Waals surface area contributed by atoms with Gasteiger partial charge in [0.2, 0.25) is 0 Å². The number of hydrogen-bond donors (Lipinski definition) is 0. The minimum absolute atomic E-state index is 0.579. The number of morpholine rings is 1. The van der Waals surface area contributed by atoms with Crippen molar-refractivity contribution >= 4 is 0 Å². The van der Waals surface area contributed by atoms with E-state index in [-0.39, 0.29) is 0 Å². The fourth-order valence-corrected chi connectivity index (χ4v) is 1.71. The molecule has 1 rings (SSSR count). The SMILES string of the molecule is CCCOCCCN1CCOC[C@H]1C. The van der Waals surface area contributed by atoms with Crippen LogP contribution in [0, 0.1) is 0 Å². The van der Waals surface area contributed by atoms with Crippen molar-refractivity contribution in [1.29, 1.82) is 0 Å². The van der Waals surface area contributed by atoms with Gasteiger partial charge >= 0.3 is 0 Å². The average Bonchev–Trinajstić information content (AvgIpc) is 2.20. The number of rotatable bonds is 6. The summed E-state index contributed by atoms with van der Waals surface area (Å²) in [5.41, 5.74) is 0. The zero-order chi connectivity index (χ0) is 10.2. The molecule has 0 bridgehead atoms. The van der Waals surface area contributed by atoms with Crippen molar-refractivity contribution in [2.24, 2.45) is 0 Å². The summed E-state index contributed by atoms with van der Waals surface area (Å²) in [5, 5.41) is 0. The van der Waals surface area contributed by atoms with Gasteiger partial charge in [0.05, 0.1) is 13.2 Å². The van der Waals surface area contributed by atoms with Crippen LogP contribution in [0.3, 0.4) is 0 Å². The summed E-state index contributed by atoms with van der Waals surface area (Å²) >= 11 is 0. The molecule has 0 radical (unpaired) electrons. The molecule has 14 heavy (non-hydrogen) atoms. The van der Waals surface area contributed by atoms with Crippen LogP contribution in [0.2, 0.25) is 0 Å². The topological polar surface area (TPSA) is 21.7 Å². The van der Waals surface area contributed by atoms with Gasteiger partial charge in [-0.3, -0.25) is 4.90 Å². The molecule has 1 saturated heterocycles. The summed E-state index contributed by atoms with van der Waals surface area (Å²) in [5.74, 6) is 0. The van der Waals surface area contributed by atoms with Gasteiger partial charge in [-0.15, -0.1) is 0 Å². The Morgan fingerprint density at radius 1 is 1.43 bits per heavy atom. The van der Waals surface area contributed by atoms with Gasteiger partial charge in [-0.05, 0) is 19.8 Å². The Morgan fingerprint density at radius 2 is 2.29 bits per heavy atom. The second-order valence-electron chi connectivity index (χ2n) is 3.93. The Kier molecular flexibility index (Phi) is 6.15. The maximum atomic E-state index is 5.45. The predicted octanol–water partition coefficient (Wildman–Crippen LogP) is 1.52. The largest absolute Gasteiger partial charge is 0.381 e. The third-order valence-corrected chi connectivity index (χ3v) is 2.59. The highest BCUT2D eigenvalue weighted by molar-refractivity contribution is 4.70. The Labute approximate surface area is 87.4 Å². The Balaban J connectivity index is 1.99. The number of ether oxygens (including phenoxy) is 2.